The van der Waals surface area contributed by atoms with Crippen LogP contribution in [0.5, 0.6) is 5.75 Å². The quantitative estimate of drug-likeness (QED) is 0.739. The summed E-state index contributed by atoms with van der Waals surface area (Å²) in [5.74, 6) is 2.53. The zero-order chi connectivity index (χ0) is 16.7. The molecule has 4 rings (SSSR count). The Morgan fingerprint density at radius 1 is 1.04 bits per heavy atom. The average molecular weight is 319 g/mol. The SMILES string of the molecule is COc1ccccc1C1Nc2c(C(C)C)cccc2C2C=CCC21. The maximum absolute atomic E-state index is 5.65. The molecule has 3 unspecified atom stereocenters. The molecule has 1 heterocycles. The van der Waals surface area contributed by atoms with E-state index in [9.17, 15) is 0 Å². The number of fused-ring (bicyclic) bond motifs is 3. The second-order valence-electron chi connectivity index (χ2n) is 7.18. The number of methoxy groups -OCH3 is 1. The lowest BCUT2D eigenvalue weighted by Gasteiger charge is -2.39. The van der Waals surface area contributed by atoms with Gasteiger partial charge in [0.25, 0.3) is 0 Å². The minimum Gasteiger partial charge on any atom is -0.496 e. The molecule has 0 saturated carbocycles. The van der Waals surface area contributed by atoms with Crippen LogP contribution in [0.1, 0.15) is 54.8 Å². The summed E-state index contributed by atoms with van der Waals surface area (Å²) in [6, 6.07) is 15.5. The van der Waals surface area contributed by atoms with Crippen LogP contribution in [0.15, 0.2) is 54.6 Å². The fourth-order valence-corrected chi connectivity index (χ4v) is 4.36. The number of hydrogen-bond donors (Lipinski definition) is 1. The first-order valence-electron chi connectivity index (χ1n) is 8.89. The summed E-state index contributed by atoms with van der Waals surface area (Å²) in [7, 11) is 1.76. The smallest absolute Gasteiger partial charge is 0.124 e. The molecular formula is C22H25NO. The minimum atomic E-state index is 0.286. The van der Waals surface area contributed by atoms with Gasteiger partial charge in [-0.05, 0) is 35.4 Å². The van der Waals surface area contributed by atoms with Crippen LogP contribution in [-0.2, 0) is 0 Å². The summed E-state index contributed by atoms with van der Waals surface area (Å²) < 4.78 is 5.65. The third-order valence-electron chi connectivity index (χ3n) is 5.52. The molecular weight excluding hydrogens is 294 g/mol. The van der Waals surface area contributed by atoms with Gasteiger partial charge in [0.05, 0.1) is 13.2 Å². The Balaban J connectivity index is 1.85. The number of anilines is 1. The highest BCUT2D eigenvalue weighted by Crippen LogP contribution is 2.52. The van der Waals surface area contributed by atoms with E-state index in [0.717, 1.165) is 12.2 Å². The molecule has 2 aliphatic rings. The third-order valence-corrected chi connectivity index (χ3v) is 5.52. The summed E-state index contributed by atoms with van der Waals surface area (Å²) in [6.07, 6.45) is 5.86. The topological polar surface area (TPSA) is 21.3 Å². The van der Waals surface area contributed by atoms with Crippen molar-refractivity contribution in [2.24, 2.45) is 5.92 Å². The van der Waals surface area contributed by atoms with Gasteiger partial charge in [0.15, 0.2) is 0 Å². The van der Waals surface area contributed by atoms with Crippen LogP contribution in [0.4, 0.5) is 5.69 Å². The van der Waals surface area contributed by atoms with Crippen LogP contribution in [0.3, 0.4) is 0 Å². The van der Waals surface area contributed by atoms with Crippen molar-refractivity contribution in [2.45, 2.75) is 38.1 Å². The van der Waals surface area contributed by atoms with Gasteiger partial charge in [0.2, 0.25) is 0 Å². The summed E-state index contributed by atoms with van der Waals surface area (Å²) in [4.78, 5) is 0. The molecule has 0 bridgehead atoms. The van der Waals surface area contributed by atoms with Gasteiger partial charge in [-0.25, -0.2) is 0 Å². The number of hydrogen-bond acceptors (Lipinski definition) is 2. The fourth-order valence-electron chi connectivity index (χ4n) is 4.36. The molecule has 0 radical (unpaired) electrons. The van der Waals surface area contributed by atoms with Gasteiger partial charge in [-0.1, -0.05) is 62.4 Å². The summed E-state index contributed by atoms with van der Waals surface area (Å²) in [5, 5.41) is 3.89. The van der Waals surface area contributed by atoms with Gasteiger partial charge < -0.3 is 10.1 Å². The molecule has 1 N–H and O–H groups in total. The van der Waals surface area contributed by atoms with E-state index in [1.54, 1.807) is 7.11 Å². The molecule has 0 aromatic heterocycles. The first-order chi connectivity index (χ1) is 11.7. The third kappa shape index (κ3) is 2.32. The molecule has 124 valence electrons. The zero-order valence-electron chi connectivity index (χ0n) is 14.6. The largest absolute Gasteiger partial charge is 0.496 e. The van der Waals surface area contributed by atoms with Gasteiger partial charge in [-0.2, -0.15) is 0 Å². The first-order valence-corrected chi connectivity index (χ1v) is 8.89. The molecule has 0 saturated heterocycles. The van der Waals surface area contributed by atoms with E-state index in [-0.39, 0.29) is 6.04 Å². The highest BCUT2D eigenvalue weighted by Gasteiger charge is 2.39. The van der Waals surface area contributed by atoms with Gasteiger partial charge in [-0.15, -0.1) is 0 Å². The van der Waals surface area contributed by atoms with Crippen LogP contribution in [-0.4, -0.2) is 7.11 Å². The fraction of sp³-hybridized carbons (Fsp3) is 0.364. The Hall–Kier alpha value is -2.22. The first kappa shape index (κ1) is 15.3. The van der Waals surface area contributed by atoms with Crippen LogP contribution >= 0.6 is 0 Å². The molecule has 1 aliphatic carbocycles. The molecule has 1 aliphatic heterocycles. The van der Waals surface area contributed by atoms with Gasteiger partial charge in [-0.3, -0.25) is 0 Å². The monoisotopic (exact) mass is 319 g/mol. The van der Waals surface area contributed by atoms with E-state index in [4.69, 9.17) is 4.74 Å². The lowest BCUT2D eigenvalue weighted by molar-refractivity contribution is 0.381. The second-order valence-corrected chi connectivity index (χ2v) is 7.18. The minimum absolute atomic E-state index is 0.286. The molecule has 24 heavy (non-hydrogen) atoms. The number of ether oxygens (including phenoxy) is 1. The Morgan fingerprint density at radius 2 is 1.83 bits per heavy atom. The van der Waals surface area contributed by atoms with Crippen molar-refractivity contribution in [1.29, 1.82) is 0 Å². The number of rotatable bonds is 3. The molecule has 2 aromatic rings. The van der Waals surface area contributed by atoms with E-state index in [1.165, 1.54) is 22.4 Å². The van der Waals surface area contributed by atoms with Crippen molar-refractivity contribution in [3.63, 3.8) is 0 Å². The van der Waals surface area contributed by atoms with Crippen LogP contribution in [0.2, 0.25) is 0 Å². The van der Waals surface area contributed by atoms with Crippen LogP contribution in [0, 0.1) is 5.92 Å². The molecule has 3 atom stereocenters. The van der Waals surface area contributed by atoms with Crippen molar-refractivity contribution in [2.75, 3.05) is 12.4 Å². The summed E-state index contributed by atoms with van der Waals surface area (Å²) in [5.41, 5.74) is 5.45. The average Bonchev–Trinajstić information content (AvgIpc) is 3.10. The van der Waals surface area contributed by atoms with Crippen molar-refractivity contribution in [3.8, 4) is 5.75 Å². The number of nitrogens with one attached hydrogen (secondary N) is 1. The lowest BCUT2D eigenvalue weighted by Crippen LogP contribution is -2.30. The molecule has 0 spiro atoms. The molecule has 0 amide bonds. The number of allylic oxidation sites excluding steroid dienone is 2. The Kier molecular flexibility index (Phi) is 3.84. The Morgan fingerprint density at radius 3 is 2.62 bits per heavy atom. The summed E-state index contributed by atoms with van der Waals surface area (Å²) >= 11 is 0. The van der Waals surface area contributed by atoms with E-state index in [0.29, 0.717) is 17.8 Å². The summed E-state index contributed by atoms with van der Waals surface area (Å²) in [6.45, 7) is 4.54. The molecule has 0 fully saturated rings. The van der Waals surface area contributed by atoms with Crippen molar-refractivity contribution < 1.29 is 4.74 Å². The maximum Gasteiger partial charge on any atom is 0.124 e. The van der Waals surface area contributed by atoms with Crippen molar-refractivity contribution in [3.05, 3.63) is 71.3 Å². The molecule has 2 aromatic carbocycles. The number of para-hydroxylation sites is 2. The van der Waals surface area contributed by atoms with E-state index in [2.05, 4.69) is 67.7 Å². The number of benzene rings is 2. The normalized spacial score (nSPS) is 24.4. The van der Waals surface area contributed by atoms with Crippen molar-refractivity contribution >= 4 is 5.69 Å². The highest BCUT2D eigenvalue weighted by atomic mass is 16.5. The maximum atomic E-state index is 5.65. The van der Waals surface area contributed by atoms with Gasteiger partial charge >= 0.3 is 0 Å². The van der Waals surface area contributed by atoms with E-state index >= 15 is 0 Å². The standard InChI is InChI=1S/C22H25NO/c1-14(2)15-9-6-11-17-16-10-7-12-18(16)22(23-21(15)17)19-8-4-5-13-20(19)24-3/h4-11,13-14,16,18,22-23H,12H2,1-3H3. The molecule has 2 nitrogen and oxygen atoms in total. The van der Waals surface area contributed by atoms with Crippen molar-refractivity contribution in [1.82, 2.24) is 0 Å². The zero-order valence-corrected chi connectivity index (χ0v) is 14.6. The predicted octanol–water partition coefficient (Wildman–Crippen LogP) is 5.65. The highest BCUT2D eigenvalue weighted by molar-refractivity contribution is 5.65. The van der Waals surface area contributed by atoms with Gasteiger partial charge in [0.1, 0.15) is 5.75 Å². The van der Waals surface area contributed by atoms with Gasteiger partial charge in [0, 0.05) is 17.2 Å². The Labute approximate surface area is 144 Å². The Bertz CT molecular complexity index is 777. The second kappa shape index (κ2) is 6.01. The van der Waals surface area contributed by atoms with Crippen LogP contribution < -0.4 is 10.1 Å². The lowest BCUT2D eigenvalue weighted by atomic mass is 9.75. The van der Waals surface area contributed by atoms with E-state index in [1.807, 2.05) is 6.07 Å². The van der Waals surface area contributed by atoms with Crippen LogP contribution in [0.25, 0.3) is 0 Å². The predicted molar refractivity (Wildman–Crippen MR) is 99.9 cm³/mol. The molecule has 2 heteroatoms. The van der Waals surface area contributed by atoms with E-state index < -0.39 is 0 Å².